The molecule has 0 saturated heterocycles. The van der Waals surface area contributed by atoms with E-state index in [1.165, 1.54) is 13.2 Å². The molecule has 0 aliphatic heterocycles. The molecule has 0 N–H and O–H groups in total. The van der Waals surface area contributed by atoms with Gasteiger partial charge in [0.25, 0.3) is 0 Å². The molecule has 0 atom stereocenters. The Balaban J connectivity index is 2.46. The first-order valence-electron chi connectivity index (χ1n) is 6.24. The van der Waals surface area contributed by atoms with E-state index in [-0.39, 0.29) is 5.97 Å². The van der Waals surface area contributed by atoms with Crippen LogP contribution in [0.5, 0.6) is 5.75 Å². The van der Waals surface area contributed by atoms with Gasteiger partial charge in [-0.3, -0.25) is 0 Å². The van der Waals surface area contributed by atoms with Gasteiger partial charge >= 0.3 is 5.97 Å². The smallest absolute Gasteiger partial charge is 0.331 e. The predicted octanol–water partition coefficient (Wildman–Crippen LogP) is 3.30. The van der Waals surface area contributed by atoms with E-state index in [1.807, 2.05) is 54.6 Å². The highest BCUT2D eigenvalue weighted by molar-refractivity contribution is 5.96. The Bertz CT molecular complexity index is 598. The second-order valence-corrected chi connectivity index (χ2v) is 4.18. The summed E-state index contributed by atoms with van der Waals surface area (Å²) in [4.78, 5) is 11.6. The standard InChI is InChI=1S/C17H16O3/c1-19-15-10-8-14(9-11-15)16(12-17(18)20-2)13-6-4-3-5-7-13/h3-12H,1-2H3. The van der Waals surface area contributed by atoms with Crippen LogP contribution >= 0.6 is 0 Å². The van der Waals surface area contributed by atoms with Crippen molar-refractivity contribution in [3.63, 3.8) is 0 Å². The van der Waals surface area contributed by atoms with Gasteiger partial charge in [-0.2, -0.15) is 0 Å². The highest BCUT2D eigenvalue weighted by atomic mass is 16.5. The molecular weight excluding hydrogens is 252 g/mol. The SMILES string of the molecule is COC(=O)C=C(c1ccccc1)c1ccc(OC)cc1. The lowest BCUT2D eigenvalue weighted by Crippen LogP contribution is -1.98. The summed E-state index contributed by atoms with van der Waals surface area (Å²) in [5.74, 6) is 0.402. The van der Waals surface area contributed by atoms with Crippen LogP contribution < -0.4 is 4.74 Å². The van der Waals surface area contributed by atoms with Crippen molar-refractivity contribution in [3.05, 3.63) is 71.8 Å². The van der Waals surface area contributed by atoms with E-state index in [1.54, 1.807) is 7.11 Å². The van der Waals surface area contributed by atoms with Crippen molar-refractivity contribution in [2.24, 2.45) is 0 Å². The van der Waals surface area contributed by atoms with Crippen molar-refractivity contribution in [2.75, 3.05) is 14.2 Å². The van der Waals surface area contributed by atoms with Crippen LogP contribution in [-0.2, 0) is 9.53 Å². The van der Waals surface area contributed by atoms with Gasteiger partial charge in [0.15, 0.2) is 0 Å². The highest BCUT2D eigenvalue weighted by Crippen LogP contribution is 2.25. The van der Waals surface area contributed by atoms with Crippen LogP contribution in [0, 0.1) is 0 Å². The van der Waals surface area contributed by atoms with E-state index in [2.05, 4.69) is 0 Å². The molecule has 2 rings (SSSR count). The Labute approximate surface area is 118 Å². The molecule has 3 heteroatoms. The lowest BCUT2D eigenvalue weighted by Gasteiger charge is -2.09. The molecule has 0 saturated carbocycles. The predicted molar refractivity (Wildman–Crippen MR) is 78.5 cm³/mol. The number of hydrogen-bond acceptors (Lipinski definition) is 3. The second kappa shape index (κ2) is 6.57. The van der Waals surface area contributed by atoms with Crippen molar-refractivity contribution >= 4 is 11.5 Å². The van der Waals surface area contributed by atoms with Gasteiger partial charge in [-0.1, -0.05) is 42.5 Å². The van der Waals surface area contributed by atoms with Crippen molar-refractivity contribution in [1.29, 1.82) is 0 Å². The maximum atomic E-state index is 11.6. The molecule has 0 bridgehead atoms. The molecule has 0 aliphatic rings. The molecule has 0 unspecified atom stereocenters. The van der Waals surface area contributed by atoms with E-state index in [0.717, 1.165) is 22.4 Å². The summed E-state index contributed by atoms with van der Waals surface area (Å²) in [5, 5.41) is 0. The summed E-state index contributed by atoms with van der Waals surface area (Å²) in [6.07, 6.45) is 1.50. The van der Waals surface area contributed by atoms with Crippen LogP contribution in [-0.4, -0.2) is 20.2 Å². The van der Waals surface area contributed by atoms with E-state index in [9.17, 15) is 4.79 Å². The van der Waals surface area contributed by atoms with Gasteiger partial charge in [-0.05, 0) is 28.8 Å². The molecule has 0 amide bonds. The topological polar surface area (TPSA) is 35.5 Å². The molecule has 2 aromatic rings. The summed E-state index contributed by atoms with van der Waals surface area (Å²) in [6.45, 7) is 0. The normalized spacial score (nSPS) is 11.0. The number of hydrogen-bond donors (Lipinski definition) is 0. The van der Waals surface area contributed by atoms with Crippen LogP contribution in [0.4, 0.5) is 0 Å². The Morgan fingerprint density at radius 1 is 0.900 bits per heavy atom. The van der Waals surface area contributed by atoms with Crippen molar-refractivity contribution in [1.82, 2.24) is 0 Å². The maximum absolute atomic E-state index is 11.6. The van der Waals surface area contributed by atoms with Crippen LogP contribution in [0.3, 0.4) is 0 Å². The number of methoxy groups -OCH3 is 2. The molecule has 0 fully saturated rings. The van der Waals surface area contributed by atoms with Gasteiger partial charge in [0.05, 0.1) is 14.2 Å². The molecule has 2 aromatic carbocycles. The van der Waals surface area contributed by atoms with E-state index in [0.29, 0.717) is 0 Å². The van der Waals surface area contributed by atoms with Crippen molar-refractivity contribution < 1.29 is 14.3 Å². The molecule has 102 valence electrons. The summed E-state index contributed by atoms with van der Waals surface area (Å²) < 4.78 is 9.87. The van der Waals surface area contributed by atoms with Crippen molar-refractivity contribution in [2.45, 2.75) is 0 Å². The van der Waals surface area contributed by atoms with Gasteiger partial charge in [0.1, 0.15) is 5.75 Å². The third kappa shape index (κ3) is 3.26. The Kier molecular flexibility index (Phi) is 4.56. The molecule has 0 radical (unpaired) electrons. The summed E-state index contributed by atoms with van der Waals surface area (Å²) in [5.41, 5.74) is 2.71. The van der Waals surface area contributed by atoms with Crippen LogP contribution in [0.25, 0.3) is 5.57 Å². The fraction of sp³-hybridized carbons (Fsp3) is 0.118. The first-order valence-corrected chi connectivity index (χ1v) is 6.24. The first kappa shape index (κ1) is 13.9. The number of esters is 1. The minimum atomic E-state index is -0.375. The largest absolute Gasteiger partial charge is 0.497 e. The number of carbonyl (C=O) groups is 1. The van der Waals surface area contributed by atoms with Crippen LogP contribution in [0.15, 0.2) is 60.7 Å². The number of ether oxygens (including phenoxy) is 2. The molecule has 3 nitrogen and oxygen atoms in total. The van der Waals surface area contributed by atoms with E-state index in [4.69, 9.17) is 9.47 Å². The maximum Gasteiger partial charge on any atom is 0.331 e. The monoisotopic (exact) mass is 268 g/mol. The van der Waals surface area contributed by atoms with E-state index >= 15 is 0 Å². The van der Waals surface area contributed by atoms with Crippen molar-refractivity contribution in [3.8, 4) is 5.75 Å². The molecule has 0 aliphatic carbocycles. The zero-order chi connectivity index (χ0) is 14.4. The number of carbonyl (C=O) groups excluding carboxylic acids is 1. The Morgan fingerprint density at radius 2 is 1.50 bits per heavy atom. The van der Waals surface area contributed by atoms with Gasteiger partial charge < -0.3 is 9.47 Å². The minimum absolute atomic E-state index is 0.375. The quantitative estimate of drug-likeness (QED) is 0.630. The Hall–Kier alpha value is -2.55. The summed E-state index contributed by atoms with van der Waals surface area (Å²) >= 11 is 0. The second-order valence-electron chi connectivity index (χ2n) is 4.18. The highest BCUT2D eigenvalue weighted by Gasteiger charge is 2.08. The summed E-state index contributed by atoms with van der Waals surface area (Å²) in [6, 6.07) is 17.3. The number of rotatable bonds is 4. The molecular formula is C17H16O3. The van der Waals surface area contributed by atoms with Gasteiger partial charge in [0, 0.05) is 6.08 Å². The zero-order valence-electron chi connectivity index (χ0n) is 11.5. The number of benzene rings is 2. The zero-order valence-corrected chi connectivity index (χ0v) is 11.5. The van der Waals surface area contributed by atoms with Crippen LogP contribution in [0.1, 0.15) is 11.1 Å². The fourth-order valence-electron chi connectivity index (χ4n) is 1.90. The van der Waals surface area contributed by atoms with Gasteiger partial charge in [-0.25, -0.2) is 4.79 Å². The first-order chi connectivity index (χ1) is 9.74. The summed E-state index contributed by atoms with van der Waals surface area (Å²) in [7, 11) is 2.99. The minimum Gasteiger partial charge on any atom is -0.497 e. The molecule has 0 aromatic heterocycles. The third-order valence-electron chi connectivity index (χ3n) is 2.95. The van der Waals surface area contributed by atoms with E-state index < -0.39 is 0 Å². The lowest BCUT2D eigenvalue weighted by atomic mass is 9.97. The van der Waals surface area contributed by atoms with Crippen LogP contribution in [0.2, 0.25) is 0 Å². The Morgan fingerprint density at radius 3 is 2.05 bits per heavy atom. The lowest BCUT2D eigenvalue weighted by molar-refractivity contribution is -0.134. The fourth-order valence-corrected chi connectivity index (χ4v) is 1.90. The average Bonchev–Trinajstić information content (AvgIpc) is 2.53. The third-order valence-corrected chi connectivity index (χ3v) is 2.95. The van der Waals surface area contributed by atoms with Gasteiger partial charge in [0.2, 0.25) is 0 Å². The molecule has 0 spiro atoms. The van der Waals surface area contributed by atoms with Gasteiger partial charge in [-0.15, -0.1) is 0 Å². The molecule has 0 heterocycles. The molecule has 20 heavy (non-hydrogen) atoms. The average molecular weight is 268 g/mol.